The van der Waals surface area contributed by atoms with Crippen LogP contribution in [0.25, 0.3) is 22.2 Å². The summed E-state index contributed by atoms with van der Waals surface area (Å²) in [6.07, 6.45) is 1.68. The van der Waals surface area contributed by atoms with E-state index in [-0.39, 0.29) is 0 Å². The smallest absolute Gasteiger partial charge is 0.294 e. The van der Waals surface area contributed by atoms with Gasteiger partial charge in [0.25, 0.3) is 6.01 Å². The maximum atomic E-state index is 12.4. The summed E-state index contributed by atoms with van der Waals surface area (Å²) < 4.78 is 11.1. The Labute approximate surface area is 191 Å². The van der Waals surface area contributed by atoms with Crippen LogP contribution in [0.3, 0.4) is 0 Å². The zero-order valence-corrected chi connectivity index (χ0v) is 18.7. The summed E-state index contributed by atoms with van der Waals surface area (Å²) in [5.41, 5.74) is 4.03. The topological polar surface area (TPSA) is 97.1 Å². The van der Waals surface area contributed by atoms with Crippen LogP contribution in [0.4, 0.5) is 0 Å². The van der Waals surface area contributed by atoms with Gasteiger partial charge in [0.2, 0.25) is 0 Å². The van der Waals surface area contributed by atoms with Crippen molar-refractivity contribution in [2.45, 2.75) is 26.4 Å². The maximum Gasteiger partial charge on any atom is 0.294 e. The Hall–Kier alpha value is -3.97. The van der Waals surface area contributed by atoms with E-state index in [9.17, 15) is 5.11 Å². The number of rotatable bonds is 6. The molecule has 0 spiro atoms. The highest BCUT2D eigenvalue weighted by atomic mass is 16.5. The summed E-state index contributed by atoms with van der Waals surface area (Å²) in [7, 11) is 0. The number of aryl methyl sites for hydroxylation is 2. The van der Waals surface area contributed by atoms with Gasteiger partial charge in [0.1, 0.15) is 5.76 Å². The first-order valence-corrected chi connectivity index (χ1v) is 10.8. The normalized spacial score (nSPS) is 13.2. The highest BCUT2D eigenvalue weighted by molar-refractivity contribution is 5.88. The molecule has 3 aromatic heterocycles. The number of benzene rings is 2. The van der Waals surface area contributed by atoms with Gasteiger partial charge in [-0.25, -0.2) is 0 Å². The first-order chi connectivity index (χ1) is 16.0. The van der Waals surface area contributed by atoms with Crippen molar-refractivity contribution in [3.05, 3.63) is 95.1 Å². The number of hydrogen-bond donors (Lipinski definition) is 2. The van der Waals surface area contributed by atoms with Gasteiger partial charge in [-0.1, -0.05) is 41.6 Å². The highest BCUT2D eigenvalue weighted by Crippen LogP contribution is 2.42. The minimum absolute atomic E-state index is 0.390. The molecule has 1 atom stereocenters. The number of nitrogens with one attached hydrogen (secondary N) is 1. The first kappa shape index (κ1) is 20.9. The van der Waals surface area contributed by atoms with Crippen LogP contribution in [0.5, 0.6) is 6.01 Å². The van der Waals surface area contributed by atoms with Gasteiger partial charge in [-0.05, 0) is 56.2 Å². The van der Waals surface area contributed by atoms with E-state index in [0.717, 1.165) is 22.3 Å². The fourth-order valence-electron chi connectivity index (χ4n) is 4.31. The van der Waals surface area contributed by atoms with E-state index < -0.39 is 5.60 Å². The van der Waals surface area contributed by atoms with Crippen LogP contribution in [0.15, 0.2) is 71.4 Å². The standard InChI is InChI=1S/C26H24N4O3/c1-4-32-25-28-21-15-18(23-16(2)30-33-17(23)3)14-20(24(21)29-25)26(31,19-10-6-5-7-11-19)22-12-8-9-13-27-22/h5-15,31H,4H2,1-3H3,(H,28,29). The molecular weight excluding hydrogens is 416 g/mol. The van der Waals surface area contributed by atoms with Crippen molar-refractivity contribution < 1.29 is 14.4 Å². The van der Waals surface area contributed by atoms with E-state index >= 15 is 0 Å². The summed E-state index contributed by atoms with van der Waals surface area (Å²) in [5.74, 6) is 0.698. The SMILES string of the molecule is CCOc1nc2c(C(O)(c3ccccc3)c3ccccn3)cc(-c3c(C)noc3C)cc2[nH]1. The van der Waals surface area contributed by atoms with Gasteiger partial charge in [-0.3, -0.25) is 4.98 Å². The molecule has 5 aromatic rings. The third-order valence-electron chi connectivity index (χ3n) is 5.78. The number of nitrogens with zero attached hydrogens (tertiary/aromatic N) is 3. The van der Waals surface area contributed by atoms with E-state index in [4.69, 9.17) is 9.26 Å². The second kappa shape index (κ2) is 8.18. The van der Waals surface area contributed by atoms with Crippen molar-refractivity contribution in [1.29, 1.82) is 0 Å². The molecule has 3 heterocycles. The van der Waals surface area contributed by atoms with Gasteiger partial charge in [-0.15, -0.1) is 0 Å². The molecule has 0 aliphatic carbocycles. The molecule has 2 N–H and O–H groups in total. The van der Waals surface area contributed by atoms with E-state index in [1.807, 2.05) is 81.4 Å². The van der Waals surface area contributed by atoms with Gasteiger partial charge in [0.05, 0.1) is 29.0 Å². The molecule has 33 heavy (non-hydrogen) atoms. The van der Waals surface area contributed by atoms with Crippen molar-refractivity contribution in [3.8, 4) is 17.1 Å². The minimum atomic E-state index is -1.56. The molecule has 0 fully saturated rings. The predicted octanol–water partition coefficient (Wildman–Crippen LogP) is 4.91. The second-order valence-electron chi connectivity index (χ2n) is 7.89. The van der Waals surface area contributed by atoms with Crippen LogP contribution in [0, 0.1) is 13.8 Å². The molecule has 0 saturated carbocycles. The number of aromatic nitrogens is 4. The Morgan fingerprint density at radius 3 is 2.52 bits per heavy atom. The molecule has 7 nitrogen and oxygen atoms in total. The van der Waals surface area contributed by atoms with Gasteiger partial charge in [0.15, 0.2) is 5.60 Å². The maximum absolute atomic E-state index is 12.4. The Bertz CT molecular complexity index is 1350. The molecule has 1 unspecified atom stereocenters. The lowest BCUT2D eigenvalue weighted by Gasteiger charge is -2.29. The summed E-state index contributed by atoms with van der Waals surface area (Å²) in [4.78, 5) is 12.5. The average molecular weight is 441 g/mol. The molecule has 5 rings (SSSR count). The Balaban J connectivity index is 1.87. The number of hydrogen-bond acceptors (Lipinski definition) is 6. The first-order valence-electron chi connectivity index (χ1n) is 10.8. The number of ether oxygens (including phenoxy) is 1. The summed E-state index contributed by atoms with van der Waals surface area (Å²) in [6, 6.07) is 19.3. The van der Waals surface area contributed by atoms with Crippen molar-refractivity contribution in [3.63, 3.8) is 0 Å². The quantitative estimate of drug-likeness (QED) is 0.389. The van der Waals surface area contributed by atoms with Gasteiger partial charge < -0.3 is 19.4 Å². The van der Waals surface area contributed by atoms with E-state index in [2.05, 4.69) is 20.1 Å². The van der Waals surface area contributed by atoms with Crippen LogP contribution in [-0.2, 0) is 5.60 Å². The van der Waals surface area contributed by atoms with Crippen LogP contribution >= 0.6 is 0 Å². The number of pyridine rings is 1. The van der Waals surface area contributed by atoms with Crippen LogP contribution < -0.4 is 4.74 Å². The number of imidazole rings is 1. The van der Waals surface area contributed by atoms with Gasteiger partial charge in [0, 0.05) is 17.3 Å². The Morgan fingerprint density at radius 1 is 1.06 bits per heavy atom. The number of aromatic amines is 1. The van der Waals surface area contributed by atoms with Crippen LogP contribution in [0.2, 0.25) is 0 Å². The van der Waals surface area contributed by atoms with Crippen molar-refractivity contribution >= 4 is 11.0 Å². The molecule has 0 radical (unpaired) electrons. The highest BCUT2D eigenvalue weighted by Gasteiger charge is 2.38. The molecular formula is C26H24N4O3. The Kier molecular flexibility index (Phi) is 5.18. The van der Waals surface area contributed by atoms with E-state index in [1.165, 1.54) is 0 Å². The van der Waals surface area contributed by atoms with E-state index in [1.54, 1.807) is 6.20 Å². The molecule has 0 amide bonds. The predicted molar refractivity (Wildman–Crippen MR) is 125 cm³/mol. The molecule has 0 saturated heterocycles. The zero-order chi connectivity index (χ0) is 23.0. The van der Waals surface area contributed by atoms with E-state index in [0.29, 0.717) is 40.7 Å². The molecule has 0 bridgehead atoms. The molecule has 2 aromatic carbocycles. The van der Waals surface area contributed by atoms with Crippen molar-refractivity contribution in [2.24, 2.45) is 0 Å². The van der Waals surface area contributed by atoms with Crippen LogP contribution in [0.1, 0.15) is 35.2 Å². The number of aliphatic hydroxyl groups is 1. The Morgan fingerprint density at radius 2 is 1.85 bits per heavy atom. The summed E-state index contributed by atoms with van der Waals surface area (Å²) in [6.45, 7) is 6.14. The minimum Gasteiger partial charge on any atom is -0.465 e. The molecule has 166 valence electrons. The lowest BCUT2D eigenvalue weighted by Crippen LogP contribution is -2.30. The fraction of sp³-hybridized carbons (Fsp3) is 0.192. The fourth-order valence-corrected chi connectivity index (χ4v) is 4.31. The second-order valence-corrected chi connectivity index (χ2v) is 7.89. The molecule has 7 heteroatoms. The van der Waals surface area contributed by atoms with Crippen LogP contribution in [-0.4, -0.2) is 31.8 Å². The third kappa shape index (κ3) is 3.47. The van der Waals surface area contributed by atoms with Crippen molar-refractivity contribution in [1.82, 2.24) is 20.1 Å². The number of fused-ring (bicyclic) bond motifs is 1. The summed E-state index contributed by atoms with van der Waals surface area (Å²) in [5, 5.41) is 16.5. The zero-order valence-electron chi connectivity index (χ0n) is 18.7. The lowest BCUT2D eigenvalue weighted by atomic mass is 9.81. The number of H-pyrrole nitrogens is 1. The third-order valence-corrected chi connectivity index (χ3v) is 5.78. The van der Waals surface area contributed by atoms with Gasteiger partial charge >= 0.3 is 0 Å². The molecule has 0 aliphatic heterocycles. The van der Waals surface area contributed by atoms with Gasteiger partial charge in [-0.2, -0.15) is 4.98 Å². The monoisotopic (exact) mass is 440 g/mol. The van der Waals surface area contributed by atoms with Crippen molar-refractivity contribution in [2.75, 3.05) is 6.61 Å². The molecule has 0 aliphatic rings. The lowest BCUT2D eigenvalue weighted by molar-refractivity contribution is 0.122. The average Bonchev–Trinajstić information content (AvgIpc) is 3.41. The largest absolute Gasteiger partial charge is 0.465 e. The summed E-state index contributed by atoms with van der Waals surface area (Å²) >= 11 is 0.